The van der Waals surface area contributed by atoms with Crippen LogP contribution in [-0.4, -0.2) is 45.5 Å². The Morgan fingerprint density at radius 1 is 1.03 bits per heavy atom. The maximum absolute atomic E-state index is 13.3. The minimum atomic E-state index is -3.89. The van der Waals surface area contributed by atoms with Crippen LogP contribution in [0.5, 0.6) is 5.75 Å². The van der Waals surface area contributed by atoms with Crippen LogP contribution in [-0.2, 0) is 14.8 Å². The molecule has 1 amide bonds. The summed E-state index contributed by atoms with van der Waals surface area (Å²) in [5, 5.41) is 0. The van der Waals surface area contributed by atoms with Crippen LogP contribution < -0.4 is 9.04 Å². The number of rotatable bonds is 8. The van der Waals surface area contributed by atoms with Crippen LogP contribution in [0.4, 0.5) is 5.69 Å². The highest BCUT2D eigenvalue weighted by Gasteiger charge is 2.30. The van der Waals surface area contributed by atoms with E-state index in [1.165, 1.54) is 4.31 Å². The van der Waals surface area contributed by atoms with E-state index >= 15 is 0 Å². The lowest BCUT2D eigenvalue weighted by atomic mass is 10.2. The van der Waals surface area contributed by atoms with Gasteiger partial charge in [0.1, 0.15) is 12.3 Å². The topological polar surface area (TPSA) is 66.9 Å². The van der Waals surface area contributed by atoms with Gasteiger partial charge in [-0.3, -0.25) is 9.10 Å². The molecule has 1 aliphatic rings. The highest BCUT2D eigenvalue weighted by atomic mass is 32.2. The Morgan fingerprint density at radius 3 is 2.24 bits per heavy atom. The number of benzene rings is 2. The summed E-state index contributed by atoms with van der Waals surface area (Å²) >= 11 is 0. The maximum atomic E-state index is 13.3. The van der Waals surface area contributed by atoms with E-state index in [2.05, 4.69) is 0 Å². The molecule has 0 spiro atoms. The van der Waals surface area contributed by atoms with Crippen molar-refractivity contribution in [2.24, 2.45) is 0 Å². The molecule has 2 aromatic carbocycles. The van der Waals surface area contributed by atoms with Gasteiger partial charge in [0.05, 0.1) is 17.2 Å². The molecule has 1 aliphatic carbocycles. The van der Waals surface area contributed by atoms with Crippen LogP contribution in [0, 0.1) is 0 Å². The van der Waals surface area contributed by atoms with Crippen LogP contribution >= 0.6 is 0 Å². The van der Waals surface area contributed by atoms with E-state index in [1.54, 1.807) is 66.5 Å². The van der Waals surface area contributed by atoms with Gasteiger partial charge < -0.3 is 9.64 Å². The Bertz CT molecular complexity index is 908. The first-order valence-corrected chi connectivity index (χ1v) is 11.4. The highest BCUT2D eigenvalue weighted by Crippen LogP contribution is 2.27. The van der Waals surface area contributed by atoms with Crippen molar-refractivity contribution in [3.8, 4) is 5.75 Å². The standard InChI is InChI=1S/C22H28N2O4S/c1-3-28-20-15-13-19(14-16-20)24(29(26,27)21-11-5-4-6-12-21)17-22(25)23(2)18-9-7-8-10-18/h4-6,11-16,18H,3,7-10,17H2,1-2H3. The molecule has 7 heteroatoms. The van der Waals surface area contributed by atoms with Crippen LogP contribution in [0.15, 0.2) is 59.5 Å². The molecule has 0 bridgehead atoms. The third kappa shape index (κ3) is 4.90. The lowest BCUT2D eigenvalue weighted by molar-refractivity contribution is -0.130. The fourth-order valence-corrected chi connectivity index (χ4v) is 5.07. The molecule has 0 atom stereocenters. The second-order valence-corrected chi connectivity index (χ2v) is 9.06. The molecule has 3 rings (SSSR count). The summed E-state index contributed by atoms with van der Waals surface area (Å²) in [6, 6.07) is 15.2. The van der Waals surface area contributed by atoms with Gasteiger partial charge in [0.25, 0.3) is 10.0 Å². The van der Waals surface area contributed by atoms with E-state index in [4.69, 9.17) is 4.74 Å². The molecule has 0 aliphatic heterocycles. The normalized spacial score (nSPS) is 14.6. The zero-order chi connectivity index (χ0) is 20.9. The molecule has 1 saturated carbocycles. The number of ether oxygens (including phenoxy) is 1. The quantitative estimate of drug-likeness (QED) is 0.658. The summed E-state index contributed by atoms with van der Waals surface area (Å²) in [4.78, 5) is 14.8. The first-order valence-electron chi connectivity index (χ1n) is 10.00. The molecule has 0 radical (unpaired) electrons. The highest BCUT2D eigenvalue weighted by molar-refractivity contribution is 7.92. The SMILES string of the molecule is CCOc1ccc(N(CC(=O)N(C)C2CCCC2)S(=O)(=O)c2ccccc2)cc1. The van der Waals surface area contributed by atoms with Crippen LogP contribution in [0.3, 0.4) is 0 Å². The first kappa shape index (κ1) is 21.2. The summed E-state index contributed by atoms with van der Waals surface area (Å²) < 4.78 is 33.3. The minimum Gasteiger partial charge on any atom is -0.494 e. The molecule has 0 unspecified atom stereocenters. The average Bonchev–Trinajstić information content (AvgIpc) is 3.27. The van der Waals surface area contributed by atoms with Gasteiger partial charge in [0.15, 0.2) is 0 Å². The number of carbonyl (C=O) groups excluding carboxylic acids is 1. The number of hydrogen-bond donors (Lipinski definition) is 0. The van der Waals surface area contributed by atoms with E-state index in [1.807, 2.05) is 6.92 Å². The molecule has 6 nitrogen and oxygen atoms in total. The summed E-state index contributed by atoms with van der Waals surface area (Å²) in [6.45, 7) is 2.17. The average molecular weight is 417 g/mol. The third-order valence-corrected chi connectivity index (χ3v) is 7.10. The first-order chi connectivity index (χ1) is 13.9. The summed E-state index contributed by atoms with van der Waals surface area (Å²) in [5.74, 6) is 0.452. The Morgan fingerprint density at radius 2 is 1.66 bits per heavy atom. The molecule has 0 saturated heterocycles. The molecule has 0 N–H and O–H groups in total. The maximum Gasteiger partial charge on any atom is 0.264 e. The largest absolute Gasteiger partial charge is 0.494 e. The number of nitrogens with zero attached hydrogens (tertiary/aromatic N) is 2. The molecule has 0 heterocycles. The fraction of sp³-hybridized carbons (Fsp3) is 0.409. The van der Waals surface area contributed by atoms with Crippen molar-refractivity contribution < 1.29 is 17.9 Å². The molecular weight excluding hydrogens is 388 g/mol. The summed E-state index contributed by atoms with van der Waals surface area (Å²) in [7, 11) is -2.12. The van der Waals surface area contributed by atoms with Crippen molar-refractivity contribution in [1.82, 2.24) is 4.90 Å². The van der Waals surface area contributed by atoms with Crippen molar-refractivity contribution in [2.75, 3.05) is 24.5 Å². The van der Waals surface area contributed by atoms with E-state index in [0.29, 0.717) is 18.0 Å². The second-order valence-electron chi connectivity index (χ2n) is 7.19. The van der Waals surface area contributed by atoms with E-state index in [9.17, 15) is 13.2 Å². The summed E-state index contributed by atoms with van der Waals surface area (Å²) in [6.07, 6.45) is 4.15. The predicted molar refractivity (Wildman–Crippen MR) is 114 cm³/mol. The van der Waals surface area contributed by atoms with Crippen molar-refractivity contribution in [2.45, 2.75) is 43.5 Å². The molecule has 0 aromatic heterocycles. The van der Waals surface area contributed by atoms with Gasteiger partial charge in [-0.25, -0.2) is 8.42 Å². The Labute approximate surface area is 173 Å². The number of sulfonamides is 1. The van der Waals surface area contributed by atoms with Gasteiger partial charge in [-0.05, 0) is 56.2 Å². The van der Waals surface area contributed by atoms with Crippen molar-refractivity contribution in [3.63, 3.8) is 0 Å². The number of anilines is 1. The zero-order valence-electron chi connectivity index (χ0n) is 17.0. The zero-order valence-corrected chi connectivity index (χ0v) is 17.8. The lowest BCUT2D eigenvalue weighted by Crippen LogP contribution is -2.44. The monoisotopic (exact) mass is 416 g/mol. The molecule has 2 aromatic rings. The van der Waals surface area contributed by atoms with E-state index < -0.39 is 10.0 Å². The number of likely N-dealkylation sites (N-methyl/N-ethyl adjacent to an activating group) is 1. The van der Waals surface area contributed by atoms with Crippen LogP contribution in [0.25, 0.3) is 0 Å². The van der Waals surface area contributed by atoms with Gasteiger partial charge in [0, 0.05) is 13.1 Å². The fourth-order valence-electron chi connectivity index (χ4n) is 3.64. The predicted octanol–water partition coefficient (Wildman–Crippen LogP) is 3.68. The molecule has 1 fully saturated rings. The Hall–Kier alpha value is -2.54. The minimum absolute atomic E-state index is 0.158. The van der Waals surface area contributed by atoms with E-state index in [-0.39, 0.29) is 23.4 Å². The second kappa shape index (κ2) is 9.31. The molecular formula is C22H28N2O4S. The smallest absolute Gasteiger partial charge is 0.264 e. The third-order valence-electron chi connectivity index (χ3n) is 5.31. The van der Waals surface area contributed by atoms with Crippen LogP contribution in [0.1, 0.15) is 32.6 Å². The van der Waals surface area contributed by atoms with Gasteiger partial charge in [-0.2, -0.15) is 0 Å². The Balaban J connectivity index is 1.91. The number of carbonyl (C=O) groups is 1. The van der Waals surface area contributed by atoms with Crippen LogP contribution in [0.2, 0.25) is 0 Å². The number of amides is 1. The summed E-state index contributed by atoms with van der Waals surface area (Å²) in [5.41, 5.74) is 0.436. The lowest BCUT2D eigenvalue weighted by Gasteiger charge is -2.29. The van der Waals surface area contributed by atoms with Crippen molar-refractivity contribution in [3.05, 3.63) is 54.6 Å². The van der Waals surface area contributed by atoms with Crippen molar-refractivity contribution >= 4 is 21.6 Å². The van der Waals surface area contributed by atoms with Gasteiger partial charge in [0.2, 0.25) is 5.91 Å². The molecule has 29 heavy (non-hydrogen) atoms. The van der Waals surface area contributed by atoms with Gasteiger partial charge in [-0.15, -0.1) is 0 Å². The molecule has 156 valence electrons. The van der Waals surface area contributed by atoms with Gasteiger partial charge in [-0.1, -0.05) is 31.0 Å². The Kier molecular flexibility index (Phi) is 6.79. The van der Waals surface area contributed by atoms with Crippen molar-refractivity contribution in [1.29, 1.82) is 0 Å². The van der Waals surface area contributed by atoms with Gasteiger partial charge >= 0.3 is 0 Å². The number of hydrogen-bond acceptors (Lipinski definition) is 4. The van der Waals surface area contributed by atoms with E-state index in [0.717, 1.165) is 25.7 Å².